The van der Waals surface area contributed by atoms with Crippen LogP contribution in [0.4, 0.5) is 5.69 Å². The first-order chi connectivity index (χ1) is 16.3. The van der Waals surface area contributed by atoms with E-state index in [1.165, 1.54) is 21.9 Å². The average molecular weight is 542 g/mol. The summed E-state index contributed by atoms with van der Waals surface area (Å²) < 4.78 is 5.21. The van der Waals surface area contributed by atoms with Crippen LogP contribution in [0.25, 0.3) is 0 Å². The van der Waals surface area contributed by atoms with E-state index in [2.05, 4.69) is 0 Å². The second-order valence-electron chi connectivity index (χ2n) is 8.69. The fourth-order valence-electron chi connectivity index (χ4n) is 2.92. The third-order valence-corrected chi connectivity index (χ3v) is 6.34. The zero-order valence-corrected chi connectivity index (χ0v) is 22.4. The highest BCUT2D eigenvalue weighted by atomic mass is 35.5. The fraction of sp³-hybridized carbons (Fsp3) is 0.360. The number of halogens is 3. The maximum Gasteiger partial charge on any atom is 0.375 e. The van der Waals surface area contributed by atoms with Crippen molar-refractivity contribution in [1.82, 2.24) is 4.90 Å². The van der Waals surface area contributed by atoms with Crippen LogP contribution in [0.3, 0.4) is 0 Å². The van der Waals surface area contributed by atoms with E-state index in [1.807, 2.05) is 6.92 Å². The number of anilines is 1. The standard InChI is InChI=1S/C25H27Cl3N2O5/c1-6-25(2,3)35-24(34)21(31)13-22(32)30(14-15-7-10-18(26)20(28)11-15)16-8-9-17(19(27)12-16)23(33)29(4)5/h7-12H,6,13-14H2,1-5H3. The second kappa shape index (κ2) is 11.9. The van der Waals surface area contributed by atoms with Crippen molar-refractivity contribution < 1.29 is 23.9 Å². The Bertz CT molecular complexity index is 1150. The van der Waals surface area contributed by atoms with Gasteiger partial charge >= 0.3 is 5.97 Å². The molecule has 10 heteroatoms. The summed E-state index contributed by atoms with van der Waals surface area (Å²) in [6, 6.07) is 9.35. The van der Waals surface area contributed by atoms with Gasteiger partial charge in [-0.1, -0.05) is 47.8 Å². The molecule has 0 N–H and O–H groups in total. The van der Waals surface area contributed by atoms with Gasteiger partial charge in [0.15, 0.2) is 0 Å². The summed E-state index contributed by atoms with van der Waals surface area (Å²) in [4.78, 5) is 52.9. The van der Waals surface area contributed by atoms with Crippen LogP contribution in [-0.2, 0) is 25.7 Å². The molecule has 0 aliphatic heterocycles. The summed E-state index contributed by atoms with van der Waals surface area (Å²) in [7, 11) is 3.19. The largest absolute Gasteiger partial charge is 0.454 e. The number of hydrogen-bond donors (Lipinski definition) is 0. The van der Waals surface area contributed by atoms with Crippen LogP contribution in [0.1, 0.15) is 49.5 Å². The first-order valence-electron chi connectivity index (χ1n) is 10.8. The number of carbonyl (C=O) groups is 4. The molecule has 0 fully saturated rings. The maximum atomic E-state index is 13.2. The molecule has 0 aromatic heterocycles. The highest BCUT2D eigenvalue weighted by Gasteiger charge is 2.29. The van der Waals surface area contributed by atoms with Gasteiger partial charge in [0, 0.05) is 19.8 Å². The van der Waals surface area contributed by atoms with Gasteiger partial charge in [0.2, 0.25) is 11.7 Å². The van der Waals surface area contributed by atoms with Gasteiger partial charge in [0.25, 0.3) is 5.91 Å². The van der Waals surface area contributed by atoms with Crippen LogP contribution < -0.4 is 4.90 Å². The number of Topliss-reactive ketones (excluding diaryl/α,β-unsaturated/α-hetero) is 1. The summed E-state index contributed by atoms with van der Waals surface area (Å²) >= 11 is 18.5. The molecule has 0 atom stereocenters. The third-order valence-electron chi connectivity index (χ3n) is 5.29. The molecule has 188 valence electrons. The normalized spacial score (nSPS) is 11.1. The van der Waals surface area contributed by atoms with Gasteiger partial charge in [-0.3, -0.25) is 14.4 Å². The van der Waals surface area contributed by atoms with Crippen LogP contribution in [0.15, 0.2) is 36.4 Å². The number of benzene rings is 2. The number of amides is 2. The molecule has 0 aliphatic rings. The molecular weight excluding hydrogens is 515 g/mol. The molecule has 0 spiro atoms. The van der Waals surface area contributed by atoms with Gasteiger partial charge < -0.3 is 14.5 Å². The number of rotatable bonds is 9. The van der Waals surface area contributed by atoms with Crippen molar-refractivity contribution in [1.29, 1.82) is 0 Å². The Morgan fingerprint density at radius 1 is 0.914 bits per heavy atom. The number of ether oxygens (including phenoxy) is 1. The van der Waals surface area contributed by atoms with Gasteiger partial charge in [0.1, 0.15) is 5.60 Å². The molecule has 0 saturated heterocycles. The Balaban J connectivity index is 2.38. The van der Waals surface area contributed by atoms with E-state index in [1.54, 1.807) is 52.2 Å². The Hall–Kier alpha value is -2.61. The molecule has 0 aliphatic carbocycles. The molecule has 7 nitrogen and oxygen atoms in total. The van der Waals surface area contributed by atoms with E-state index in [0.717, 1.165) is 0 Å². The topological polar surface area (TPSA) is 84.0 Å². The van der Waals surface area contributed by atoms with Gasteiger partial charge in [-0.2, -0.15) is 0 Å². The second-order valence-corrected chi connectivity index (χ2v) is 9.92. The zero-order chi connectivity index (χ0) is 26.5. The minimum Gasteiger partial charge on any atom is -0.454 e. The summed E-state index contributed by atoms with van der Waals surface area (Å²) in [5.41, 5.74) is 0.373. The third kappa shape index (κ3) is 7.69. The Morgan fingerprint density at radius 3 is 2.11 bits per heavy atom. The first kappa shape index (κ1) is 28.6. The minimum absolute atomic E-state index is 0.00973. The molecule has 0 heterocycles. The highest BCUT2D eigenvalue weighted by molar-refractivity contribution is 6.42. The van der Waals surface area contributed by atoms with Crippen LogP contribution >= 0.6 is 34.8 Å². The molecule has 0 saturated carbocycles. The predicted octanol–water partition coefficient (Wildman–Crippen LogP) is 5.57. The number of esters is 1. The smallest absolute Gasteiger partial charge is 0.375 e. The average Bonchev–Trinajstić information content (AvgIpc) is 2.78. The molecule has 0 radical (unpaired) electrons. The molecular formula is C25H27Cl3N2O5. The lowest BCUT2D eigenvalue weighted by Crippen LogP contribution is -2.36. The predicted molar refractivity (Wildman–Crippen MR) is 137 cm³/mol. The SMILES string of the molecule is CCC(C)(C)OC(=O)C(=O)CC(=O)N(Cc1ccc(Cl)c(Cl)c1)c1ccc(C(=O)N(C)C)c(Cl)c1. The number of hydrogen-bond acceptors (Lipinski definition) is 5. The molecule has 35 heavy (non-hydrogen) atoms. The minimum atomic E-state index is -1.08. The van der Waals surface area contributed by atoms with E-state index in [4.69, 9.17) is 39.5 Å². The van der Waals surface area contributed by atoms with Gasteiger partial charge in [-0.15, -0.1) is 0 Å². The van der Waals surface area contributed by atoms with Gasteiger partial charge in [-0.25, -0.2) is 4.79 Å². The van der Waals surface area contributed by atoms with E-state index in [0.29, 0.717) is 27.7 Å². The monoisotopic (exact) mass is 540 g/mol. The number of carbonyl (C=O) groups excluding carboxylic acids is 4. The van der Waals surface area contributed by atoms with Crippen LogP contribution in [0.5, 0.6) is 0 Å². The lowest BCUT2D eigenvalue weighted by molar-refractivity contribution is -0.164. The summed E-state index contributed by atoms with van der Waals surface area (Å²) in [6.45, 7) is 5.18. The fourth-order valence-corrected chi connectivity index (χ4v) is 3.49. The van der Waals surface area contributed by atoms with Crippen LogP contribution in [0, 0.1) is 0 Å². The number of nitrogens with zero attached hydrogens (tertiary/aromatic N) is 2. The van der Waals surface area contributed by atoms with E-state index < -0.39 is 29.7 Å². The maximum absolute atomic E-state index is 13.2. The van der Waals surface area contributed by atoms with E-state index in [-0.39, 0.29) is 23.0 Å². The van der Waals surface area contributed by atoms with Crippen molar-refractivity contribution in [3.63, 3.8) is 0 Å². The van der Waals surface area contributed by atoms with Crippen LogP contribution in [0.2, 0.25) is 15.1 Å². The quantitative estimate of drug-likeness (QED) is 0.235. The molecule has 0 bridgehead atoms. The summed E-state index contributed by atoms with van der Waals surface area (Å²) in [5.74, 6) is -3.01. The Labute approximate surface area is 219 Å². The lowest BCUT2D eigenvalue weighted by Gasteiger charge is -2.25. The first-order valence-corrected chi connectivity index (χ1v) is 11.9. The summed E-state index contributed by atoms with van der Waals surface area (Å²) in [5, 5.41) is 0.769. The van der Waals surface area contributed by atoms with Crippen molar-refractivity contribution in [2.75, 3.05) is 19.0 Å². The van der Waals surface area contributed by atoms with Crippen molar-refractivity contribution in [2.24, 2.45) is 0 Å². The Morgan fingerprint density at radius 2 is 1.57 bits per heavy atom. The molecule has 2 amide bonds. The lowest BCUT2D eigenvalue weighted by atomic mass is 10.1. The Kier molecular flexibility index (Phi) is 9.72. The number of ketones is 1. The van der Waals surface area contributed by atoms with E-state index >= 15 is 0 Å². The van der Waals surface area contributed by atoms with Crippen molar-refractivity contribution >= 4 is 64.1 Å². The van der Waals surface area contributed by atoms with Crippen molar-refractivity contribution in [2.45, 2.75) is 45.8 Å². The molecule has 2 aromatic rings. The molecule has 2 aromatic carbocycles. The van der Waals surface area contributed by atoms with Crippen molar-refractivity contribution in [3.8, 4) is 0 Å². The molecule has 0 unspecified atom stereocenters. The highest BCUT2D eigenvalue weighted by Crippen LogP contribution is 2.28. The van der Waals surface area contributed by atoms with Gasteiger partial charge in [-0.05, 0) is 56.2 Å². The summed E-state index contributed by atoms with van der Waals surface area (Å²) in [6.07, 6.45) is -0.212. The van der Waals surface area contributed by atoms with E-state index in [9.17, 15) is 19.2 Å². The van der Waals surface area contributed by atoms with Crippen LogP contribution in [-0.4, -0.2) is 48.2 Å². The van der Waals surface area contributed by atoms with Crippen molar-refractivity contribution in [3.05, 3.63) is 62.6 Å². The molecule has 2 rings (SSSR count). The zero-order valence-electron chi connectivity index (χ0n) is 20.2. The van der Waals surface area contributed by atoms with Gasteiger partial charge in [0.05, 0.1) is 33.6 Å².